The van der Waals surface area contributed by atoms with Gasteiger partial charge in [-0.3, -0.25) is 0 Å². The van der Waals surface area contributed by atoms with Crippen molar-refractivity contribution < 1.29 is 9.13 Å². The number of alkyl halides is 1. The van der Waals surface area contributed by atoms with Crippen molar-refractivity contribution in [3.05, 3.63) is 42.2 Å². The maximum Gasteiger partial charge on any atom is 0.159 e. The van der Waals surface area contributed by atoms with Crippen LogP contribution in [0.4, 0.5) is 4.39 Å². The van der Waals surface area contributed by atoms with Crippen molar-refractivity contribution in [2.24, 2.45) is 0 Å². The average Bonchev–Trinajstić information content (AvgIpc) is 2.76. The van der Waals surface area contributed by atoms with Crippen molar-refractivity contribution in [2.75, 3.05) is 6.61 Å². The van der Waals surface area contributed by atoms with Gasteiger partial charge in [-0.25, -0.2) is 14.4 Å². The molecule has 4 heteroatoms. The van der Waals surface area contributed by atoms with Crippen LogP contribution in [0.15, 0.2) is 36.7 Å². The van der Waals surface area contributed by atoms with E-state index in [1.54, 1.807) is 0 Å². The lowest BCUT2D eigenvalue weighted by molar-refractivity contribution is 0.184. The van der Waals surface area contributed by atoms with E-state index in [-0.39, 0.29) is 6.61 Å². The van der Waals surface area contributed by atoms with Crippen LogP contribution in [0.2, 0.25) is 0 Å². The lowest BCUT2D eigenvalue weighted by atomic mass is 10.1. The Morgan fingerprint density at radius 3 is 2.14 bits per heavy atom. The lowest BCUT2D eigenvalue weighted by Crippen LogP contribution is -2.12. The van der Waals surface area contributed by atoms with Gasteiger partial charge in [0.1, 0.15) is 18.5 Å². The third-order valence-corrected chi connectivity index (χ3v) is 5.19. The fraction of sp³-hybridized carbons (Fsp3) is 0.600. The molecule has 0 aliphatic heterocycles. The van der Waals surface area contributed by atoms with Gasteiger partial charge in [0.05, 0.1) is 0 Å². The Hall–Kier alpha value is -1.97. The van der Waals surface area contributed by atoms with E-state index >= 15 is 0 Å². The summed E-state index contributed by atoms with van der Waals surface area (Å²) in [7, 11) is 0. The Kier molecular flexibility index (Phi) is 11.3. The Labute approximate surface area is 176 Å². The minimum atomic E-state index is -0.899. The molecule has 0 N–H and O–H groups in total. The second-order valence-electron chi connectivity index (χ2n) is 7.86. The first-order valence-corrected chi connectivity index (χ1v) is 11.4. The molecular formula is C25H37FN2O. The Bertz CT molecular complexity index is 658. The summed E-state index contributed by atoms with van der Waals surface area (Å²) in [5, 5.41) is 0. The molecule has 1 unspecified atom stereocenters. The van der Waals surface area contributed by atoms with Crippen LogP contribution in [0.25, 0.3) is 11.4 Å². The molecular weight excluding hydrogens is 363 g/mol. The topological polar surface area (TPSA) is 35.0 Å². The van der Waals surface area contributed by atoms with Crippen LogP contribution < -0.4 is 4.74 Å². The van der Waals surface area contributed by atoms with Gasteiger partial charge >= 0.3 is 0 Å². The molecule has 1 aromatic heterocycles. The average molecular weight is 401 g/mol. The quantitative estimate of drug-likeness (QED) is 0.293. The third kappa shape index (κ3) is 9.38. The van der Waals surface area contributed by atoms with E-state index < -0.39 is 6.17 Å². The van der Waals surface area contributed by atoms with Crippen molar-refractivity contribution >= 4 is 0 Å². The molecule has 0 saturated carbocycles. The van der Waals surface area contributed by atoms with Crippen LogP contribution in [0.1, 0.15) is 83.6 Å². The first-order chi connectivity index (χ1) is 14.2. The minimum Gasteiger partial charge on any atom is -0.491 e. The molecule has 1 atom stereocenters. The van der Waals surface area contributed by atoms with Crippen LogP contribution in [0.5, 0.6) is 5.75 Å². The summed E-state index contributed by atoms with van der Waals surface area (Å²) >= 11 is 0. The molecule has 160 valence electrons. The summed E-state index contributed by atoms with van der Waals surface area (Å²) in [6, 6.07) is 7.59. The van der Waals surface area contributed by atoms with Gasteiger partial charge in [0.15, 0.2) is 5.82 Å². The van der Waals surface area contributed by atoms with Crippen molar-refractivity contribution in [2.45, 2.75) is 90.6 Å². The molecule has 0 spiro atoms. The minimum absolute atomic E-state index is 0.118. The SMILES string of the molecule is CCCCCCCCc1cnc(-c2ccc(OCC(F)CCCCC)cc2)nc1. The maximum atomic E-state index is 13.8. The van der Waals surface area contributed by atoms with Crippen LogP contribution >= 0.6 is 0 Å². The predicted octanol–water partition coefficient (Wildman–Crippen LogP) is 7.34. The van der Waals surface area contributed by atoms with E-state index in [0.717, 1.165) is 31.2 Å². The third-order valence-electron chi connectivity index (χ3n) is 5.19. The van der Waals surface area contributed by atoms with E-state index in [0.29, 0.717) is 18.0 Å². The maximum absolute atomic E-state index is 13.8. The highest BCUT2D eigenvalue weighted by Crippen LogP contribution is 2.20. The van der Waals surface area contributed by atoms with Crippen LogP contribution in [0.3, 0.4) is 0 Å². The number of hydrogen-bond donors (Lipinski definition) is 0. The van der Waals surface area contributed by atoms with Gasteiger partial charge in [0.2, 0.25) is 0 Å². The summed E-state index contributed by atoms with van der Waals surface area (Å²) in [6.45, 7) is 4.49. The van der Waals surface area contributed by atoms with E-state index in [9.17, 15) is 4.39 Å². The number of rotatable bonds is 15. The summed E-state index contributed by atoms with van der Waals surface area (Å²) in [4.78, 5) is 9.02. The highest BCUT2D eigenvalue weighted by Gasteiger charge is 2.08. The normalized spacial score (nSPS) is 12.1. The Balaban J connectivity index is 1.74. The molecule has 1 aromatic carbocycles. The zero-order chi connectivity index (χ0) is 20.7. The summed E-state index contributed by atoms with van der Waals surface area (Å²) < 4.78 is 19.4. The van der Waals surface area contributed by atoms with Crippen molar-refractivity contribution in [3.63, 3.8) is 0 Å². The number of aryl methyl sites for hydroxylation is 1. The van der Waals surface area contributed by atoms with Gasteiger partial charge in [-0.2, -0.15) is 0 Å². The van der Waals surface area contributed by atoms with E-state index in [1.165, 1.54) is 44.1 Å². The Morgan fingerprint density at radius 2 is 1.45 bits per heavy atom. The van der Waals surface area contributed by atoms with Gasteiger partial charge in [-0.1, -0.05) is 65.2 Å². The summed E-state index contributed by atoms with van der Waals surface area (Å²) in [5.74, 6) is 1.40. The van der Waals surface area contributed by atoms with E-state index in [2.05, 4.69) is 23.8 Å². The molecule has 0 amide bonds. The zero-order valence-electron chi connectivity index (χ0n) is 18.2. The van der Waals surface area contributed by atoms with Gasteiger partial charge < -0.3 is 4.74 Å². The molecule has 3 nitrogen and oxygen atoms in total. The number of aromatic nitrogens is 2. The van der Waals surface area contributed by atoms with Gasteiger partial charge in [-0.15, -0.1) is 0 Å². The second kappa shape index (κ2) is 14.1. The van der Waals surface area contributed by atoms with Crippen LogP contribution in [0, 0.1) is 0 Å². The van der Waals surface area contributed by atoms with Gasteiger partial charge in [-0.05, 0) is 49.1 Å². The molecule has 0 aliphatic carbocycles. The van der Waals surface area contributed by atoms with E-state index in [1.807, 2.05) is 36.7 Å². The Morgan fingerprint density at radius 1 is 0.828 bits per heavy atom. The number of nitrogens with zero attached hydrogens (tertiary/aromatic N) is 2. The number of unbranched alkanes of at least 4 members (excludes halogenated alkanes) is 7. The molecule has 0 fully saturated rings. The molecule has 2 aromatic rings. The fourth-order valence-corrected chi connectivity index (χ4v) is 3.33. The molecule has 2 rings (SSSR count). The number of benzene rings is 1. The molecule has 0 radical (unpaired) electrons. The van der Waals surface area contributed by atoms with Crippen molar-refractivity contribution in [1.29, 1.82) is 0 Å². The fourth-order valence-electron chi connectivity index (χ4n) is 3.33. The molecule has 0 saturated heterocycles. The summed E-state index contributed by atoms with van der Waals surface area (Å²) in [6.07, 6.45) is 15.5. The first kappa shape index (κ1) is 23.3. The van der Waals surface area contributed by atoms with Crippen molar-refractivity contribution in [3.8, 4) is 17.1 Å². The number of halogens is 1. The monoisotopic (exact) mass is 400 g/mol. The molecule has 29 heavy (non-hydrogen) atoms. The van der Waals surface area contributed by atoms with Crippen LogP contribution in [-0.4, -0.2) is 22.7 Å². The first-order valence-electron chi connectivity index (χ1n) is 11.4. The van der Waals surface area contributed by atoms with Gasteiger partial charge in [0, 0.05) is 18.0 Å². The largest absolute Gasteiger partial charge is 0.491 e. The second-order valence-corrected chi connectivity index (χ2v) is 7.86. The zero-order valence-corrected chi connectivity index (χ0v) is 18.2. The van der Waals surface area contributed by atoms with Gasteiger partial charge in [0.25, 0.3) is 0 Å². The number of ether oxygens (including phenoxy) is 1. The highest BCUT2D eigenvalue weighted by molar-refractivity contribution is 5.55. The predicted molar refractivity (Wildman–Crippen MR) is 119 cm³/mol. The smallest absolute Gasteiger partial charge is 0.159 e. The lowest BCUT2D eigenvalue weighted by Gasteiger charge is -2.10. The standard InChI is InChI=1S/C25H37FN2O/c1-3-5-7-8-9-11-12-21-18-27-25(28-19-21)22-14-16-24(17-15-22)29-20-23(26)13-10-6-4-2/h14-19,23H,3-13,20H2,1-2H3. The molecule has 0 aliphatic rings. The molecule has 1 heterocycles. The van der Waals surface area contributed by atoms with Crippen LogP contribution in [-0.2, 0) is 6.42 Å². The number of hydrogen-bond acceptors (Lipinski definition) is 3. The summed E-state index contributed by atoms with van der Waals surface area (Å²) in [5.41, 5.74) is 2.14. The van der Waals surface area contributed by atoms with Crippen molar-refractivity contribution in [1.82, 2.24) is 9.97 Å². The van der Waals surface area contributed by atoms with E-state index in [4.69, 9.17) is 4.74 Å². The molecule has 0 bridgehead atoms. The highest BCUT2D eigenvalue weighted by atomic mass is 19.1.